The minimum absolute atomic E-state index is 0.355. The van der Waals surface area contributed by atoms with Crippen LogP contribution in [0.5, 0.6) is 0 Å². The van der Waals surface area contributed by atoms with Crippen LogP contribution in [0.2, 0.25) is 0 Å². The summed E-state index contributed by atoms with van der Waals surface area (Å²) < 4.78 is 1.93. The topological polar surface area (TPSA) is 29.9 Å². The largest absolute Gasteiger partial charge is 0.309 e. The van der Waals surface area contributed by atoms with Crippen LogP contribution in [-0.4, -0.2) is 16.3 Å². The fourth-order valence-electron chi connectivity index (χ4n) is 2.17. The highest BCUT2D eigenvalue weighted by Gasteiger charge is 2.07. The van der Waals surface area contributed by atoms with Gasteiger partial charge in [-0.3, -0.25) is 4.68 Å². The second-order valence-corrected chi connectivity index (χ2v) is 4.64. The van der Waals surface area contributed by atoms with E-state index >= 15 is 0 Å². The maximum atomic E-state index is 4.19. The maximum Gasteiger partial charge on any atom is 0.0547 e. The fourth-order valence-corrected chi connectivity index (χ4v) is 2.17. The predicted molar refractivity (Wildman–Crippen MR) is 74.4 cm³/mol. The first-order valence-corrected chi connectivity index (χ1v) is 6.52. The Morgan fingerprint density at radius 3 is 2.67 bits per heavy atom. The van der Waals surface area contributed by atoms with Crippen LogP contribution in [0.15, 0.2) is 42.6 Å². The van der Waals surface area contributed by atoms with Crippen LogP contribution in [0.4, 0.5) is 0 Å². The second kappa shape index (κ2) is 6.36. The molecule has 18 heavy (non-hydrogen) atoms. The van der Waals surface area contributed by atoms with Gasteiger partial charge in [-0.25, -0.2) is 0 Å². The lowest BCUT2D eigenvalue weighted by atomic mass is 10.1. The summed E-state index contributed by atoms with van der Waals surface area (Å²) in [4.78, 5) is 0. The van der Waals surface area contributed by atoms with Crippen molar-refractivity contribution in [2.45, 2.75) is 25.8 Å². The minimum Gasteiger partial charge on any atom is -0.309 e. The van der Waals surface area contributed by atoms with Crippen molar-refractivity contribution >= 4 is 0 Å². The molecular formula is C15H21N3. The van der Waals surface area contributed by atoms with Gasteiger partial charge in [0, 0.05) is 19.3 Å². The third-order valence-corrected chi connectivity index (χ3v) is 3.24. The molecule has 0 saturated heterocycles. The van der Waals surface area contributed by atoms with Crippen molar-refractivity contribution in [1.82, 2.24) is 15.1 Å². The number of aromatic nitrogens is 2. The lowest BCUT2D eigenvalue weighted by Gasteiger charge is -2.14. The Labute approximate surface area is 109 Å². The summed E-state index contributed by atoms with van der Waals surface area (Å²) >= 11 is 0. The monoisotopic (exact) mass is 243 g/mol. The van der Waals surface area contributed by atoms with Crippen molar-refractivity contribution in [1.29, 1.82) is 0 Å². The zero-order chi connectivity index (χ0) is 12.8. The smallest absolute Gasteiger partial charge is 0.0547 e. The van der Waals surface area contributed by atoms with Crippen LogP contribution in [0.3, 0.4) is 0 Å². The van der Waals surface area contributed by atoms with E-state index in [0.29, 0.717) is 6.04 Å². The molecular weight excluding hydrogens is 222 g/mol. The van der Waals surface area contributed by atoms with E-state index in [1.165, 1.54) is 11.3 Å². The molecule has 0 amide bonds. The van der Waals surface area contributed by atoms with Crippen LogP contribution in [0.1, 0.15) is 30.6 Å². The van der Waals surface area contributed by atoms with Gasteiger partial charge in [0.15, 0.2) is 0 Å². The maximum absolute atomic E-state index is 4.19. The Bertz CT molecular complexity index is 462. The molecule has 0 fully saturated rings. The van der Waals surface area contributed by atoms with Gasteiger partial charge in [0.1, 0.15) is 0 Å². The van der Waals surface area contributed by atoms with E-state index in [-0.39, 0.29) is 0 Å². The molecule has 1 aromatic carbocycles. The first-order valence-electron chi connectivity index (χ1n) is 6.52. The molecule has 0 saturated carbocycles. The molecule has 0 aliphatic heterocycles. The van der Waals surface area contributed by atoms with Crippen LogP contribution in [-0.2, 0) is 13.5 Å². The number of rotatable bonds is 6. The van der Waals surface area contributed by atoms with E-state index in [9.17, 15) is 0 Å². The summed E-state index contributed by atoms with van der Waals surface area (Å²) in [5, 5.41) is 7.73. The minimum atomic E-state index is 0.355. The van der Waals surface area contributed by atoms with Crippen molar-refractivity contribution in [2.24, 2.45) is 7.05 Å². The van der Waals surface area contributed by atoms with Gasteiger partial charge in [0.05, 0.1) is 5.69 Å². The number of nitrogens with zero attached hydrogens (tertiary/aromatic N) is 2. The van der Waals surface area contributed by atoms with Crippen LogP contribution < -0.4 is 5.32 Å². The first kappa shape index (κ1) is 12.8. The Kier molecular flexibility index (Phi) is 4.53. The Morgan fingerprint density at radius 2 is 2.00 bits per heavy atom. The SMILES string of the molecule is CC(NCCCc1ccccc1)c1ccnn1C. The molecule has 0 radical (unpaired) electrons. The Morgan fingerprint density at radius 1 is 1.22 bits per heavy atom. The molecule has 96 valence electrons. The molecule has 2 aromatic rings. The molecule has 1 atom stereocenters. The zero-order valence-electron chi connectivity index (χ0n) is 11.1. The summed E-state index contributed by atoms with van der Waals surface area (Å²) in [5.74, 6) is 0. The molecule has 1 unspecified atom stereocenters. The standard InChI is InChI=1S/C15H21N3/c1-13(15-10-12-17-18(15)2)16-11-6-9-14-7-4-3-5-8-14/h3-5,7-8,10,12-13,16H,6,9,11H2,1-2H3. The summed E-state index contributed by atoms with van der Waals surface area (Å²) in [6, 6.07) is 13.0. The van der Waals surface area contributed by atoms with E-state index in [4.69, 9.17) is 0 Å². The van der Waals surface area contributed by atoms with Gasteiger partial charge in [-0.15, -0.1) is 0 Å². The van der Waals surface area contributed by atoms with Crippen molar-refractivity contribution in [3.8, 4) is 0 Å². The van der Waals surface area contributed by atoms with Gasteiger partial charge in [-0.2, -0.15) is 5.10 Å². The van der Waals surface area contributed by atoms with Gasteiger partial charge >= 0.3 is 0 Å². The van der Waals surface area contributed by atoms with Crippen LogP contribution in [0.25, 0.3) is 0 Å². The predicted octanol–water partition coefficient (Wildman–Crippen LogP) is 2.70. The highest BCUT2D eigenvalue weighted by molar-refractivity contribution is 5.14. The molecule has 1 aromatic heterocycles. The molecule has 1 N–H and O–H groups in total. The van der Waals surface area contributed by atoms with E-state index in [0.717, 1.165) is 19.4 Å². The lowest BCUT2D eigenvalue weighted by Crippen LogP contribution is -2.22. The molecule has 0 bridgehead atoms. The van der Waals surface area contributed by atoms with Crippen LogP contribution in [0, 0.1) is 0 Å². The van der Waals surface area contributed by atoms with E-state index in [2.05, 4.69) is 53.7 Å². The molecule has 0 aliphatic rings. The number of aryl methyl sites for hydroxylation is 2. The third-order valence-electron chi connectivity index (χ3n) is 3.24. The average Bonchev–Trinajstić information content (AvgIpc) is 2.82. The highest BCUT2D eigenvalue weighted by Crippen LogP contribution is 2.10. The lowest BCUT2D eigenvalue weighted by molar-refractivity contribution is 0.521. The quantitative estimate of drug-likeness (QED) is 0.791. The van der Waals surface area contributed by atoms with Crippen molar-refractivity contribution in [3.05, 3.63) is 53.9 Å². The van der Waals surface area contributed by atoms with E-state index in [1.54, 1.807) is 0 Å². The first-order chi connectivity index (χ1) is 8.77. The van der Waals surface area contributed by atoms with Crippen LogP contribution >= 0.6 is 0 Å². The molecule has 3 nitrogen and oxygen atoms in total. The number of hydrogen-bond donors (Lipinski definition) is 1. The fraction of sp³-hybridized carbons (Fsp3) is 0.400. The van der Waals surface area contributed by atoms with Crippen molar-refractivity contribution in [2.75, 3.05) is 6.54 Å². The summed E-state index contributed by atoms with van der Waals surface area (Å²) in [6.07, 6.45) is 4.13. The molecule has 1 heterocycles. The Balaban J connectivity index is 1.71. The van der Waals surface area contributed by atoms with Crippen molar-refractivity contribution in [3.63, 3.8) is 0 Å². The summed E-state index contributed by atoms with van der Waals surface area (Å²) in [7, 11) is 1.98. The van der Waals surface area contributed by atoms with Gasteiger partial charge in [-0.1, -0.05) is 30.3 Å². The summed E-state index contributed by atoms with van der Waals surface area (Å²) in [5.41, 5.74) is 2.64. The average molecular weight is 243 g/mol. The summed E-state index contributed by atoms with van der Waals surface area (Å²) in [6.45, 7) is 3.21. The van der Waals surface area contributed by atoms with E-state index in [1.807, 2.05) is 17.9 Å². The third kappa shape index (κ3) is 3.44. The van der Waals surface area contributed by atoms with E-state index < -0.39 is 0 Å². The highest BCUT2D eigenvalue weighted by atomic mass is 15.3. The molecule has 2 rings (SSSR count). The molecule has 0 spiro atoms. The molecule has 0 aliphatic carbocycles. The number of hydrogen-bond acceptors (Lipinski definition) is 2. The van der Waals surface area contributed by atoms with Gasteiger partial charge in [-0.05, 0) is 37.9 Å². The van der Waals surface area contributed by atoms with Crippen molar-refractivity contribution < 1.29 is 0 Å². The second-order valence-electron chi connectivity index (χ2n) is 4.64. The van der Waals surface area contributed by atoms with Gasteiger partial charge < -0.3 is 5.32 Å². The zero-order valence-corrected chi connectivity index (χ0v) is 11.1. The van der Waals surface area contributed by atoms with Gasteiger partial charge in [0.25, 0.3) is 0 Å². The number of nitrogens with one attached hydrogen (secondary N) is 1. The number of benzene rings is 1. The normalized spacial score (nSPS) is 12.6. The van der Waals surface area contributed by atoms with Gasteiger partial charge in [0.2, 0.25) is 0 Å². The Hall–Kier alpha value is -1.61. The molecule has 3 heteroatoms.